The van der Waals surface area contributed by atoms with Gasteiger partial charge < -0.3 is 5.32 Å². The van der Waals surface area contributed by atoms with E-state index >= 15 is 0 Å². The van der Waals surface area contributed by atoms with Crippen LogP contribution in [0.2, 0.25) is 0 Å². The molecule has 1 aliphatic rings. The Balaban J connectivity index is 1.81. The molecule has 0 saturated carbocycles. The second-order valence-electron chi connectivity index (χ2n) is 4.94. The highest BCUT2D eigenvalue weighted by Gasteiger charge is 2.47. The predicted molar refractivity (Wildman–Crippen MR) is 65.8 cm³/mol. The average molecular weight is 290 g/mol. The SMILES string of the molecule is Cc1ccc(NC(=O)CN2CC(C(F)(F)F)C2)cc1F. The Morgan fingerprint density at radius 1 is 1.40 bits per heavy atom. The molecule has 0 aromatic heterocycles. The molecule has 1 saturated heterocycles. The maximum Gasteiger partial charge on any atom is 0.394 e. The summed E-state index contributed by atoms with van der Waals surface area (Å²) >= 11 is 0. The lowest BCUT2D eigenvalue weighted by molar-refractivity contribution is -0.208. The maximum atomic E-state index is 13.3. The molecule has 1 aliphatic heterocycles. The summed E-state index contributed by atoms with van der Waals surface area (Å²) < 4.78 is 50.1. The van der Waals surface area contributed by atoms with Crippen LogP contribution in [0.4, 0.5) is 23.2 Å². The van der Waals surface area contributed by atoms with Crippen LogP contribution in [0.3, 0.4) is 0 Å². The summed E-state index contributed by atoms with van der Waals surface area (Å²) in [4.78, 5) is 13.0. The first-order valence-electron chi connectivity index (χ1n) is 6.11. The predicted octanol–water partition coefficient (Wildman–Crippen LogP) is 2.57. The summed E-state index contributed by atoms with van der Waals surface area (Å²) in [5, 5.41) is 2.46. The number of halogens is 4. The topological polar surface area (TPSA) is 32.3 Å². The number of alkyl halides is 3. The second kappa shape index (κ2) is 5.40. The highest BCUT2D eigenvalue weighted by atomic mass is 19.4. The summed E-state index contributed by atoms with van der Waals surface area (Å²) in [5.74, 6) is -2.25. The van der Waals surface area contributed by atoms with E-state index in [1.54, 1.807) is 13.0 Å². The van der Waals surface area contributed by atoms with E-state index in [1.165, 1.54) is 17.0 Å². The number of nitrogens with zero attached hydrogens (tertiary/aromatic N) is 1. The van der Waals surface area contributed by atoms with Crippen molar-refractivity contribution in [3.63, 3.8) is 0 Å². The van der Waals surface area contributed by atoms with Crippen LogP contribution < -0.4 is 5.32 Å². The van der Waals surface area contributed by atoms with E-state index in [4.69, 9.17) is 0 Å². The van der Waals surface area contributed by atoms with Crippen molar-refractivity contribution in [2.75, 3.05) is 25.0 Å². The van der Waals surface area contributed by atoms with Gasteiger partial charge in [0.1, 0.15) is 5.82 Å². The van der Waals surface area contributed by atoms with E-state index in [-0.39, 0.29) is 19.6 Å². The highest BCUT2D eigenvalue weighted by Crippen LogP contribution is 2.33. The van der Waals surface area contributed by atoms with Crippen molar-refractivity contribution in [1.29, 1.82) is 0 Å². The molecule has 1 aromatic carbocycles. The molecule has 20 heavy (non-hydrogen) atoms. The number of amides is 1. The van der Waals surface area contributed by atoms with E-state index in [9.17, 15) is 22.4 Å². The van der Waals surface area contributed by atoms with Crippen LogP contribution in [0.1, 0.15) is 5.56 Å². The van der Waals surface area contributed by atoms with E-state index < -0.39 is 23.8 Å². The number of hydrogen-bond acceptors (Lipinski definition) is 2. The number of anilines is 1. The fourth-order valence-electron chi connectivity index (χ4n) is 1.98. The van der Waals surface area contributed by atoms with Gasteiger partial charge in [0.15, 0.2) is 0 Å². The minimum Gasteiger partial charge on any atom is -0.325 e. The zero-order valence-corrected chi connectivity index (χ0v) is 10.8. The van der Waals surface area contributed by atoms with Gasteiger partial charge in [0.25, 0.3) is 0 Å². The van der Waals surface area contributed by atoms with Crippen LogP contribution in [0, 0.1) is 18.7 Å². The Labute approximate surface area is 113 Å². The fourth-order valence-corrected chi connectivity index (χ4v) is 1.98. The number of nitrogens with one attached hydrogen (secondary N) is 1. The van der Waals surface area contributed by atoms with Crippen molar-refractivity contribution in [3.8, 4) is 0 Å². The minimum atomic E-state index is -4.20. The quantitative estimate of drug-likeness (QED) is 0.868. The van der Waals surface area contributed by atoms with Crippen LogP contribution in [-0.2, 0) is 4.79 Å². The molecular weight excluding hydrogens is 276 g/mol. The third-order valence-electron chi connectivity index (χ3n) is 3.24. The van der Waals surface area contributed by atoms with Gasteiger partial charge in [-0.05, 0) is 24.6 Å². The smallest absolute Gasteiger partial charge is 0.325 e. The van der Waals surface area contributed by atoms with Crippen molar-refractivity contribution in [2.24, 2.45) is 5.92 Å². The molecule has 1 fully saturated rings. The summed E-state index contributed by atoms with van der Waals surface area (Å²) in [7, 11) is 0. The molecule has 2 rings (SSSR count). The standard InChI is InChI=1S/C13H14F4N2O/c1-8-2-3-10(4-11(8)14)18-12(20)7-19-5-9(6-19)13(15,16)17/h2-4,9H,5-7H2,1H3,(H,18,20). The van der Waals surface area contributed by atoms with Gasteiger partial charge in [-0.3, -0.25) is 9.69 Å². The Bertz CT molecular complexity index is 510. The maximum absolute atomic E-state index is 13.3. The van der Waals surface area contributed by atoms with Crippen molar-refractivity contribution < 1.29 is 22.4 Å². The molecule has 0 unspecified atom stereocenters. The van der Waals surface area contributed by atoms with Gasteiger partial charge in [0.2, 0.25) is 5.91 Å². The summed E-state index contributed by atoms with van der Waals surface area (Å²) in [6, 6.07) is 4.25. The number of carbonyl (C=O) groups is 1. The first-order chi connectivity index (χ1) is 9.25. The van der Waals surface area contributed by atoms with Gasteiger partial charge in [-0.1, -0.05) is 6.07 Å². The van der Waals surface area contributed by atoms with Crippen LogP contribution >= 0.6 is 0 Å². The van der Waals surface area contributed by atoms with E-state index in [0.29, 0.717) is 11.3 Å². The first-order valence-corrected chi connectivity index (χ1v) is 6.11. The third-order valence-corrected chi connectivity index (χ3v) is 3.24. The van der Waals surface area contributed by atoms with Crippen molar-refractivity contribution in [3.05, 3.63) is 29.6 Å². The molecule has 1 aromatic rings. The molecule has 0 bridgehead atoms. The largest absolute Gasteiger partial charge is 0.394 e. The van der Waals surface area contributed by atoms with Crippen LogP contribution in [0.5, 0.6) is 0 Å². The third kappa shape index (κ3) is 3.47. The normalized spacial score (nSPS) is 16.9. The second-order valence-corrected chi connectivity index (χ2v) is 4.94. The van der Waals surface area contributed by atoms with Gasteiger partial charge in [-0.15, -0.1) is 0 Å². The Hall–Kier alpha value is -1.63. The van der Waals surface area contributed by atoms with Crippen molar-refractivity contribution in [1.82, 2.24) is 4.90 Å². The van der Waals surface area contributed by atoms with E-state index in [1.807, 2.05) is 0 Å². The number of hydrogen-bond donors (Lipinski definition) is 1. The van der Waals surface area contributed by atoms with Crippen LogP contribution in [0.25, 0.3) is 0 Å². The first kappa shape index (κ1) is 14.8. The highest BCUT2D eigenvalue weighted by molar-refractivity contribution is 5.92. The lowest BCUT2D eigenvalue weighted by atomic mass is 10.00. The summed E-state index contributed by atoms with van der Waals surface area (Å²) in [6.45, 7) is 1.14. The number of rotatable bonds is 3. The Morgan fingerprint density at radius 3 is 2.60 bits per heavy atom. The zero-order chi connectivity index (χ0) is 14.9. The molecule has 1 N–H and O–H groups in total. The van der Waals surface area contributed by atoms with E-state index in [0.717, 1.165) is 0 Å². The fraction of sp³-hybridized carbons (Fsp3) is 0.462. The number of aryl methyl sites for hydroxylation is 1. The zero-order valence-electron chi connectivity index (χ0n) is 10.8. The average Bonchev–Trinajstić information content (AvgIpc) is 2.26. The lowest BCUT2D eigenvalue weighted by Crippen LogP contribution is -2.55. The lowest BCUT2D eigenvalue weighted by Gasteiger charge is -2.39. The van der Waals surface area contributed by atoms with Gasteiger partial charge >= 0.3 is 6.18 Å². The molecule has 0 radical (unpaired) electrons. The van der Waals surface area contributed by atoms with Crippen molar-refractivity contribution >= 4 is 11.6 Å². The molecule has 7 heteroatoms. The molecular formula is C13H14F4N2O. The molecule has 1 amide bonds. The number of likely N-dealkylation sites (tertiary alicyclic amines) is 1. The molecule has 0 aliphatic carbocycles. The van der Waals surface area contributed by atoms with Crippen LogP contribution in [-0.4, -0.2) is 36.6 Å². The minimum absolute atomic E-state index is 0.123. The molecule has 110 valence electrons. The van der Waals surface area contributed by atoms with Gasteiger partial charge in [-0.25, -0.2) is 4.39 Å². The molecule has 3 nitrogen and oxygen atoms in total. The summed E-state index contributed by atoms with van der Waals surface area (Å²) in [5.41, 5.74) is 0.754. The molecule has 0 atom stereocenters. The number of benzene rings is 1. The van der Waals surface area contributed by atoms with Gasteiger partial charge in [0.05, 0.1) is 12.5 Å². The van der Waals surface area contributed by atoms with Crippen LogP contribution in [0.15, 0.2) is 18.2 Å². The Kier molecular flexibility index (Phi) is 3.99. The van der Waals surface area contributed by atoms with Gasteiger partial charge in [0, 0.05) is 18.8 Å². The monoisotopic (exact) mass is 290 g/mol. The van der Waals surface area contributed by atoms with E-state index in [2.05, 4.69) is 5.32 Å². The molecule has 1 heterocycles. The Morgan fingerprint density at radius 2 is 2.05 bits per heavy atom. The summed E-state index contributed by atoms with van der Waals surface area (Å²) in [6.07, 6.45) is -4.20. The van der Waals surface area contributed by atoms with Gasteiger partial charge in [-0.2, -0.15) is 13.2 Å². The number of carbonyl (C=O) groups excluding carboxylic acids is 1. The van der Waals surface area contributed by atoms with Crippen molar-refractivity contribution in [2.45, 2.75) is 13.1 Å². The molecule has 0 spiro atoms.